The third-order valence-corrected chi connectivity index (χ3v) is 2.51. The van der Waals surface area contributed by atoms with Crippen molar-refractivity contribution in [3.05, 3.63) is 0 Å². The Bertz CT molecular complexity index is 184. The summed E-state index contributed by atoms with van der Waals surface area (Å²) in [6.45, 7) is 3.37. The van der Waals surface area contributed by atoms with E-state index in [4.69, 9.17) is 5.11 Å². The van der Waals surface area contributed by atoms with Crippen LogP contribution in [0.25, 0.3) is 0 Å². The van der Waals surface area contributed by atoms with Crippen molar-refractivity contribution in [2.24, 2.45) is 0 Å². The summed E-state index contributed by atoms with van der Waals surface area (Å²) in [6, 6.07) is 0.108. The predicted molar refractivity (Wildman–Crippen MR) is 52.9 cm³/mol. The van der Waals surface area contributed by atoms with E-state index in [1.165, 1.54) is 18.7 Å². The van der Waals surface area contributed by atoms with E-state index in [0.29, 0.717) is 5.75 Å². The average molecular weight is 205 g/mol. The number of carbonyl (C=O) groups excluding carboxylic acids is 1. The van der Waals surface area contributed by atoms with E-state index >= 15 is 0 Å². The Labute approximate surface area is 82.1 Å². The molecular weight excluding hydrogens is 190 g/mol. The van der Waals surface area contributed by atoms with Crippen molar-refractivity contribution in [2.75, 3.05) is 11.5 Å². The molecule has 0 aromatic heterocycles. The van der Waals surface area contributed by atoms with Crippen molar-refractivity contribution in [3.63, 3.8) is 0 Å². The molecule has 0 aliphatic heterocycles. The first-order valence-electron chi connectivity index (χ1n) is 4.09. The molecule has 0 bridgehead atoms. The number of carboxylic acid groups (broad SMARTS) is 1. The predicted octanol–water partition coefficient (Wildman–Crippen LogP) is 0.719. The fraction of sp³-hybridized carbons (Fsp3) is 0.750. The lowest BCUT2D eigenvalue weighted by Crippen LogP contribution is -2.32. The van der Waals surface area contributed by atoms with Gasteiger partial charge in [-0.15, -0.1) is 0 Å². The Morgan fingerprint density at radius 3 is 2.62 bits per heavy atom. The van der Waals surface area contributed by atoms with Crippen LogP contribution in [0.4, 0.5) is 0 Å². The van der Waals surface area contributed by atoms with Crippen LogP contribution in [-0.2, 0) is 9.59 Å². The second kappa shape index (κ2) is 6.77. The van der Waals surface area contributed by atoms with Crippen LogP contribution in [0.3, 0.4) is 0 Å². The van der Waals surface area contributed by atoms with Gasteiger partial charge in [-0.2, -0.15) is 11.8 Å². The molecule has 5 heteroatoms. The number of aliphatic carboxylic acids is 1. The first kappa shape index (κ1) is 12.3. The SMILES string of the molecule is CC(=O)N[C@H](C)CSCCC(=O)O. The van der Waals surface area contributed by atoms with Gasteiger partial charge < -0.3 is 10.4 Å². The molecule has 0 fully saturated rings. The van der Waals surface area contributed by atoms with Crippen molar-refractivity contribution in [2.45, 2.75) is 26.3 Å². The minimum atomic E-state index is -0.778. The molecule has 0 spiro atoms. The molecule has 13 heavy (non-hydrogen) atoms. The maximum Gasteiger partial charge on any atom is 0.304 e. The van der Waals surface area contributed by atoms with Crippen LogP contribution in [-0.4, -0.2) is 34.5 Å². The fourth-order valence-electron chi connectivity index (χ4n) is 0.808. The molecule has 0 radical (unpaired) electrons. The summed E-state index contributed by atoms with van der Waals surface area (Å²) >= 11 is 1.54. The molecule has 2 N–H and O–H groups in total. The van der Waals surface area contributed by atoms with E-state index in [1.54, 1.807) is 0 Å². The van der Waals surface area contributed by atoms with Crippen LogP contribution in [0.1, 0.15) is 20.3 Å². The zero-order chi connectivity index (χ0) is 10.3. The highest BCUT2D eigenvalue weighted by atomic mass is 32.2. The molecule has 4 nitrogen and oxygen atoms in total. The zero-order valence-electron chi connectivity index (χ0n) is 7.87. The number of hydrogen-bond donors (Lipinski definition) is 2. The lowest BCUT2D eigenvalue weighted by Gasteiger charge is -2.10. The molecule has 0 saturated carbocycles. The van der Waals surface area contributed by atoms with Crippen molar-refractivity contribution in [3.8, 4) is 0 Å². The summed E-state index contributed by atoms with van der Waals surface area (Å²) in [6.07, 6.45) is 0.178. The van der Waals surface area contributed by atoms with Crippen LogP contribution >= 0.6 is 11.8 Å². The van der Waals surface area contributed by atoms with E-state index < -0.39 is 5.97 Å². The van der Waals surface area contributed by atoms with Crippen LogP contribution in [0, 0.1) is 0 Å². The molecule has 76 valence electrons. The first-order chi connectivity index (χ1) is 6.02. The summed E-state index contributed by atoms with van der Waals surface area (Å²) in [4.78, 5) is 20.7. The second-order valence-corrected chi connectivity index (χ2v) is 3.97. The Morgan fingerprint density at radius 2 is 2.15 bits per heavy atom. The van der Waals surface area contributed by atoms with Gasteiger partial charge in [-0.1, -0.05) is 0 Å². The Kier molecular flexibility index (Phi) is 6.40. The largest absolute Gasteiger partial charge is 0.481 e. The smallest absolute Gasteiger partial charge is 0.304 e. The lowest BCUT2D eigenvalue weighted by atomic mass is 10.4. The number of amides is 1. The second-order valence-electron chi connectivity index (χ2n) is 2.82. The summed E-state index contributed by atoms with van der Waals surface area (Å²) in [5, 5.41) is 11.1. The number of hydrogen-bond acceptors (Lipinski definition) is 3. The van der Waals surface area contributed by atoms with Crippen LogP contribution in [0.5, 0.6) is 0 Å². The molecule has 0 heterocycles. The Hall–Kier alpha value is -0.710. The van der Waals surface area contributed by atoms with Crippen LogP contribution in [0.2, 0.25) is 0 Å². The van der Waals surface area contributed by atoms with Crippen molar-refractivity contribution in [1.82, 2.24) is 5.32 Å². The van der Waals surface area contributed by atoms with Crippen molar-refractivity contribution < 1.29 is 14.7 Å². The Balaban J connectivity index is 3.31. The van der Waals surface area contributed by atoms with Gasteiger partial charge >= 0.3 is 5.97 Å². The summed E-state index contributed by atoms with van der Waals surface area (Å²) in [5.74, 6) is 0.526. The van der Waals surface area contributed by atoms with Gasteiger partial charge in [0, 0.05) is 24.5 Å². The third-order valence-electron chi connectivity index (χ3n) is 1.28. The number of nitrogens with one attached hydrogen (secondary N) is 1. The third kappa shape index (κ3) is 9.20. The molecular formula is C8H15NO3S. The van der Waals surface area contributed by atoms with E-state index in [-0.39, 0.29) is 18.4 Å². The number of carbonyl (C=O) groups is 2. The highest BCUT2D eigenvalue weighted by Crippen LogP contribution is 2.04. The maximum atomic E-state index is 10.6. The van der Waals surface area contributed by atoms with E-state index in [0.717, 1.165) is 5.75 Å². The van der Waals surface area contributed by atoms with Gasteiger partial charge in [-0.3, -0.25) is 9.59 Å². The van der Waals surface area contributed by atoms with Crippen molar-refractivity contribution >= 4 is 23.6 Å². The highest BCUT2D eigenvalue weighted by Gasteiger charge is 2.03. The molecule has 0 saturated heterocycles. The van der Waals surface area contributed by atoms with Gasteiger partial charge in [0.2, 0.25) is 5.91 Å². The molecule has 0 aliphatic carbocycles. The lowest BCUT2D eigenvalue weighted by molar-refractivity contribution is -0.136. The standard InChI is InChI=1S/C8H15NO3S/c1-6(9-7(2)10)5-13-4-3-8(11)12/h6H,3-5H2,1-2H3,(H,9,10)(H,11,12)/t6-/m1/s1. The van der Waals surface area contributed by atoms with E-state index in [9.17, 15) is 9.59 Å². The molecule has 0 rings (SSSR count). The zero-order valence-corrected chi connectivity index (χ0v) is 8.69. The summed E-state index contributed by atoms with van der Waals surface area (Å²) in [5.41, 5.74) is 0. The topological polar surface area (TPSA) is 66.4 Å². The summed E-state index contributed by atoms with van der Waals surface area (Å²) in [7, 11) is 0. The monoisotopic (exact) mass is 205 g/mol. The molecule has 0 unspecified atom stereocenters. The van der Waals surface area contributed by atoms with Gasteiger partial charge in [0.15, 0.2) is 0 Å². The van der Waals surface area contributed by atoms with Crippen LogP contribution < -0.4 is 5.32 Å². The molecule has 1 atom stereocenters. The quantitative estimate of drug-likeness (QED) is 0.627. The van der Waals surface area contributed by atoms with E-state index in [2.05, 4.69) is 5.32 Å². The molecule has 0 aromatic carbocycles. The first-order valence-corrected chi connectivity index (χ1v) is 5.24. The molecule has 0 aromatic rings. The Morgan fingerprint density at radius 1 is 1.54 bits per heavy atom. The van der Waals surface area contributed by atoms with Gasteiger partial charge in [0.25, 0.3) is 0 Å². The van der Waals surface area contributed by atoms with E-state index in [1.807, 2.05) is 6.92 Å². The fourth-order valence-corrected chi connectivity index (χ4v) is 1.73. The van der Waals surface area contributed by atoms with Gasteiger partial charge in [-0.05, 0) is 6.92 Å². The highest BCUT2D eigenvalue weighted by molar-refractivity contribution is 7.99. The number of thioether (sulfide) groups is 1. The summed E-state index contributed by atoms with van der Waals surface area (Å²) < 4.78 is 0. The average Bonchev–Trinajstić information content (AvgIpc) is 1.96. The number of rotatable bonds is 6. The van der Waals surface area contributed by atoms with Gasteiger partial charge in [-0.25, -0.2) is 0 Å². The minimum absolute atomic E-state index is 0.0497. The van der Waals surface area contributed by atoms with Crippen molar-refractivity contribution in [1.29, 1.82) is 0 Å². The normalized spacial score (nSPS) is 12.2. The maximum absolute atomic E-state index is 10.6. The van der Waals surface area contributed by atoms with Gasteiger partial charge in [0.1, 0.15) is 0 Å². The van der Waals surface area contributed by atoms with Gasteiger partial charge in [0.05, 0.1) is 6.42 Å². The number of carboxylic acids is 1. The van der Waals surface area contributed by atoms with Crippen LogP contribution in [0.15, 0.2) is 0 Å². The molecule has 1 amide bonds. The minimum Gasteiger partial charge on any atom is -0.481 e. The molecule has 0 aliphatic rings.